The number of unbranched alkanes of at least 4 members (excludes halogenated alkanes) is 1. The van der Waals surface area contributed by atoms with Crippen LogP contribution >= 0.6 is 0 Å². The summed E-state index contributed by atoms with van der Waals surface area (Å²) in [4.78, 5) is 29.6. The van der Waals surface area contributed by atoms with Crippen molar-refractivity contribution in [2.75, 3.05) is 19.7 Å². The lowest BCUT2D eigenvalue weighted by Crippen LogP contribution is -2.43. The topological polar surface area (TPSA) is 77.1 Å². The molecule has 7 nitrogen and oxygen atoms in total. The number of carbonyl (C=O) groups excluding carboxylic acids is 2. The Hall–Kier alpha value is -1.34. The van der Waals surface area contributed by atoms with Crippen molar-refractivity contribution in [2.24, 2.45) is 0 Å². The lowest BCUT2D eigenvalue weighted by Gasteiger charge is -2.27. The summed E-state index contributed by atoms with van der Waals surface area (Å²) in [5.41, 5.74) is -1.47. The smallest absolute Gasteiger partial charge is 0.442 e. The Kier molecular flexibility index (Phi) is 12.5. The highest BCUT2D eigenvalue weighted by Gasteiger charge is 2.32. The summed E-state index contributed by atoms with van der Waals surface area (Å²) in [6.45, 7) is 14.3. The molecule has 0 spiro atoms. The molecule has 0 aliphatic carbocycles. The second-order valence-corrected chi connectivity index (χ2v) is 7.55. The standard InChI is InChI=1S/C17H34N2O5.CH4/c1-8-9-11-18-12-10-13-22-19(14(20)23-16(2,3)4)15(21)24-17(5,6)7;/h18H,8-13H2,1-7H3;1H4. The lowest BCUT2D eigenvalue weighted by molar-refractivity contribution is -0.138. The van der Waals surface area contributed by atoms with Crippen molar-refractivity contribution in [2.45, 2.75) is 86.4 Å². The summed E-state index contributed by atoms with van der Waals surface area (Å²) in [6, 6.07) is 0. The Morgan fingerprint density at radius 1 is 0.880 bits per heavy atom. The Morgan fingerprint density at radius 2 is 1.32 bits per heavy atom. The van der Waals surface area contributed by atoms with Crippen LogP contribution in [0.4, 0.5) is 9.59 Å². The predicted molar refractivity (Wildman–Crippen MR) is 99.4 cm³/mol. The van der Waals surface area contributed by atoms with Crippen LogP contribution in [0.3, 0.4) is 0 Å². The summed E-state index contributed by atoms with van der Waals surface area (Å²) in [6.07, 6.45) is 1.15. The third-order valence-electron chi connectivity index (χ3n) is 2.54. The summed E-state index contributed by atoms with van der Waals surface area (Å²) in [7, 11) is 0. The quantitative estimate of drug-likeness (QED) is 0.506. The second-order valence-electron chi connectivity index (χ2n) is 7.55. The van der Waals surface area contributed by atoms with Gasteiger partial charge in [0.2, 0.25) is 0 Å². The van der Waals surface area contributed by atoms with Crippen molar-refractivity contribution in [1.29, 1.82) is 0 Å². The van der Waals surface area contributed by atoms with Gasteiger partial charge >= 0.3 is 12.2 Å². The molecule has 2 amide bonds. The molecule has 0 aromatic carbocycles. The summed E-state index contributed by atoms with van der Waals surface area (Å²) in [5, 5.41) is 3.82. The van der Waals surface area contributed by atoms with Gasteiger partial charge in [-0.2, -0.15) is 0 Å². The van der Waals surface area contributed by atoms with E-state index in [2.05, 4.69) is 12.2 Å². The molecule has 0 rings (SSSR count). The van der Waals surface area contributed by atoms with Gasteiger partial charge in [-0.05, 0) is 67.5 Å². The van der Waals surface area contributed by atoms with Crippen molar-refractivity contribution >= 4 is 12.2 Å². The number of ether oxygens (including phenoxy) is 2. The molecule has 0 unspecified atom stereocenters. The van der Waals surface area contributed by atoms with Gasteiger partial charge in [0.1, 0.15) is 11.2 Å². The highest BCUT2D eigenvalue weighted by Crippen LogP contribution is 2.15. The van der Waals surface area contributed by atoms with Crippen LogP contribution in [0.1, 0.15) is 75.2 Å². The zero-order chi connectivity index (χ0) is 18.8. The molecule has 0 atom stereocenters. The van der Waals surface area contributed by atoms with Crippen molar-refractivity contribution in [1.82, 2.24) is 10.4 Å². The van der Waals surface area contributed by atoms with Gasteiger partial charge in [-0.25, -0.2) is 9.59 Å². The number of hydrogen-bond donors (Lipinski definition) is 1. The van der Waals surface area contributed by atoms with E-state index in [-0.39, 0.29) is 14.0 Å². The van der Waals surface area contributed by atoms with Crippen molar-refractivity contribution in [3.63, 3.8) is 0 Å². The first kappa shape index (κ1) is 25.9. The molecule has 0 aliphatic rings. The second kappa shape index (κ2) is 12.1. The molecule has 7 heteroatoms. The van der Waals surface area contributed by atoms with E-state index in [1.165, 1.54) is 0 Å². The van der Waals surface area contributed by atoms with Gasteiger partial charge in [0.05, 0.1) is 6.61 Å². The van der Waals surface area contributed by atoms with Crippen LogP contribution in [-0.4, -0.2) is 48.1 Å². The number of hydroxylamine groups is 2. The fourth-order valence-electron chi connectivity index (χ4n) is 1.57. The monoisotopic (exact) mass is 362 g/mol. The molecule has 0 fully saturated rings. The minimum Gasteiger partial charge on any atom is -0.442 e. The first-order valence-electron chi connectivity index (χ1n) is 8.56. The Morgan fingerprint density at radius 3 is 1.72 bits per heavy atom. The molecule has 0 saturated heterocycles. The van der Waals surface area contributed by atoms with Crippen molar-refractivity contribution < 1.29 is 23.9 Å². The van der Waals surface area contributed by atoms with Crippen LogP contribution in [-0.2, 0) is 14.3 Å². The van der Waals surface area contributed by atoms with Gasteiger partial charge in [-0.1, -0.05) is 25.8 Å². The highest BCUT2D eigenvalue weighted by molar-refractivity contribution is 5.86. The van der Waals surface area contributed by atoms with E-state index in [0.717, 1.165) is 25.9 Å². The number of nitrogens with one attached hydrogen (secondary N) is 1. The molecule has 1 N–H and O–H groups in total. The molecule has 150 valence electrons. The van der Waals surface area contributed by atoms with Gasteiger partial charge < -0.3 is 14.8 Å². The molecular weight excluding hydrogens is 324 g/mol. The van der Waals surface area contributed by atoms with Crippen LogP contribution in [0.2, 0.25) is 0 Å². The number of amides is 2. The van der Waals surface area contributed by atoms with Crippen molar-refractivity contribution in [3.8, 4) is 0 Å². The number of carbonyl (C=O) groups is 2. The molecular formula is C18H38N2O5. The number of nitrogens with zero attached hydrogens (tertiary/aromatic N) is 1. The molecule has 0 aliphatic heterocycles. The van der Waals surface area contributed by atoms with E-state index in [0.29, 0.717) is 11.5 Å². The van der Waals surface area contributed by atoms with E-state index in [4.69, 9.17) is 14.3 Å². The molecule has 0 bridgehead atoms. The van der Waals surface area contributed by atoms with Crippen molar-refractivity contribution in [3.05, 3.63) is 0 Å². The van der Waals surface area contributed by atoms with E-state index in [9.17, 15) is 9.59 Å². The fraction of sp³-hybridized carbons (Fsp3) is 0.889. The summed E-state index contributed by atoms with van der Waals surface area (Å²) < 4.78 is 10.4. The third kappa shape index (κ3) is 14.7. The molecule has 0 aromatic rings. The van der Waals surface area contributed by atoms with Crippen LogP contribution in [0.5, 0.6) is 0 Å². The number of rotatable bonds is 8. The number of hydrogen-bond acceptors (Lipinski definition) is 6. The molecule has 0 heterocycles. The van der Waals surface area contributed by atoms with Crippen LogP contribution in [0.15, 0.2) is 0 Å². The Labute approximate surface area is 153 Å². The van der Waals surface area contributed by atoms with E-state index in [1.54, 1.807) is 41.5 Å². The largest absolute Gasteiger partial charge is 0.444 e. The van der Waals surface area contributed by atoms with Gasteiger partial charge in [0.15, 0.2) is 0 Å². The molecule has 0 saturated carbocycles. The summed E-state index contributed by atoms with van der Waals surface area (Å²) >= 11 is 0. The highest BCUT2D eigenvalue weighted by atomic mass is 16.8. The zero-order valence-corrected chi connectivity index (χ0v) is 16.2. The average Bonchev–Trinajstić information content (AvgIpc) is 2.37. The number of imide groups is 1. The maximum Gasteiger partial charge on any atom is 0.444 e. The van der Waals surface area contributed by atoms with Gasteiger partial charge in [0.25, 0.3) is 0 Å². The SMILES string of the molecule is C.CCCCNCCCON(C(=O)OC(C)(C)C)C(=O)OC(C)(C)C. The maximum atomic E-state index is 12.2. The molecule has 0 aromatic heterocycles. The van der Waals surface area contributed by atoms with Crippen LogP contribution < -0.4 is 5.32 Å². The third-order valence-corrected chi connectivity index (χ3v) is 2.54. The van der Waals surface area contributed by atoms with E-state index >= 15 is 0 Å². The minimum absolute atomic E-state index is 0. The first-order valence-corrected chi connectivity index (χ1v) is 8.56. The fourth-order valence-corrected chi connectivity index (χ4v) is 1.57. The van der Waals surface area contributed by atoms with Crippen LogP contribution in [0.25, 0.3) is 0 Å². The molecule has 25 heavy (non-hydrogen) atoms. The van der Waals surface area contributed by atoms with Gasteiger partial charge in [-0.3, -0.25) is 4.84 Å². The lowest BCUT2D eigenvalue weighted by atomic mass is 10.2. The van der Waals surface area contributed by atoms with E-state index < -0.39 is 23.4 Å². The normalized spacial score (nSPS) is 11.5. The maximum absolute atomic E-state index is 12.2. The first-order chi connectivity index (χ1) is 11.0. The van der Waals surface area contributed by atoms with E-state index in [1.807, 2.05) is 0 Å². The Balaban J connectivity index is 0. The predicted octanol–water partition coefficient (Wildman–Crippen LogP) is 4.51. The average molecular weight is 363 g/mol. The Bertz CT molecular complexity index is 358. The molecule has 0 radical (unpaired) electrons. The zero-order valence-electron chi connectivity index (χ0n) is 16.2. The minimum atomic E-state index is -0.879. The van der Waals surface area contributed by atoms with Gasteiger partial charge in [-0.15, -0.1) is 0 Å². The van der Waals surface area contributed by atoms with Crippen LogP contribution in [0, 0.1) is 0 Å². The van der Waals surface area contributed by atoms with Gasteiger partial charge in [0, 0.05) is 0 Å². The summed E-state index contributed by atoms with van der Waals surface area (Å²) in [5.74, 6) is 0.